The lowest BCUT2D eigenvalue weighted by molar-refractivity contribution is -0.145. The van der Waals surface area contributed by atoms with Crippen LogP contribution >= 0.6 is 0 Å². The average Bonchev–Trinajstić information content (AvgIpc) is 3.22. The summed E-state index contributed by atoms with van der Waals surface area (Å²) in [5, 5.41) is 0. The second-order valence-corrected chi connectivity index (χ2v) is 5.32. The van der Waals surface area contributed by atoms with Crippen molar-refractivity contribution in [3.05, 3.63) is 0 Å². The van der Waals surface area contributed by atoms with Gasteiger partial charge in [0.05, 0.1) is 19.7 Å². The van der Waals surface area contributed by atoms with Crippen molar-refractivity contribution < 1.29 is 14.3 Å². The molecule has 0 radical (unpaired) electrons. The molecule has 20 heavy (non-hydrogen) atoms. The number of hydrogen-bond acceptors (Lipinski definition) is 4. The van der Waals surface area contributed by atoms with Crippen LogP contribution in [0.4, 0.5) is 0 Å². The zero-order valence-electron chi connectivity index (χ0n) is 13.1. The minimum Gasteiger partial charge on any atom is -0.465 e. The summed E-state index contributed by atoms with van der Waals surface area (Å²) in [6, 6.07) is 0.383. The van der Waals surface area contributed by atoms with Gasteiger partial charge in [-0.3, -0.25) is 14.5 Å². The van der Waals surface area contributed by atoms with Crippen molar-refractivity contribution in [3.8, 4) is 0 Å². The highest BCUT2D eigenvalue weighted by atomic mass is 16.5. The molecule has 116 valence electrons. The standard InChI is InChI=1S/C15H28N2O3/c1-4-9-16(10-5-2)14(18)11-17(13-7-8-13)12-15(19)20-6-3/h13H,4-12H2,1-3H3. The van der Waals surface area contributed by atoms with E-state index in [1.165, 1.54) is 0 Å². The Morgan fingerprint density at radius 1 is 1.05 bits per heavy atom. The predicted octanol–water partition coefficient (Wildman–Crippen LogP) is 1.66. The van der Waals surface area contributed by atoms with Crippen LogP contribution in [-0.2, 0) is 14.3 Å². The van der Waals surface area contributed by atoms with E-state index < -0.39 is 0 Å². The first-order valence-corrected chi connectivity index (χ1v) is 7.79. The van der Waals surface area contributed by atoms with E-state index in [2.05, 4.69) is 13.8 Å². The number of carbonyl (C=O) groups excluding carboxylic acids is 2. The number of rotatable bonds is 10. The molecule has 0 atom stereocenters. The minimum atomic E-state index is -0.232. The van der Waals surface area contributed by atoms with Crippen molar-refractivity contribution in [1.29, 1.82) is 0 Å². The average molecular weight is 284 g/mol. The molecule has 0 unspecified atom stereocenters. The topological polar surface area (TPSA) is 49.9 Å². The van der Waals surface area contributed by atoms with Crippen molar-refractivity contribution in [3.63, 3.8) is 0 Å². The van der Waals surface area contributed by atoms with Crippen LogP contribution in [0.3, 0.4) is 0 Å². The smallest absolute Gasteiger partial charge is 0.320 e. The molecule has 5 heteroatoms. The lowest BCUT2D eigenvalue weighted by Crippen LogP contribution is -2.44. The van der Waals surface area contributed by atoms with E-state index in [4.69, 9.17) is 4.74 Å². The van der Waals surface area contributed by atoms with Gasteiger partial charge < -0.3 is 9.64 Å². The van der Waals surface area contributed by atoms with E-state index in [9.17, 15) is 9.59 Å². The molecule has 1 aliphatic rings. The van der Waals surface area contributed by atoms with E-state index in [1.807, 2.05) is 9.80 Å². The number of carbonyl (C=O) groups is 2. The molecule has 5 nitrogen and oxygen atoms in total. The second-order valence-electron chi connectivity index (χ2n) is 5.32. The van der Waals surface area contributed by atoms with Gasteiger partial charge in [-0.05, 0) is 32.6 Å². The molecular formula is C15H28N2O3. The van der Waals surface area contributed by atoms with Gasteiger partial charge in [-0.1, -0.05) is 13.8 Å². The summed E-state index contributed by atoms with van der Waals surface area (Å²) in [6.07, 6.45) is 4.09. The first-order chi connectivity index (χ1) is 9.62. The van der Waals surface area contributed by atoms with E-state index >= 15 is 0 Å². The van der Waals surface area contributed by atoms with Gasteiger partial charge in [-0.25, -0.2) is 0 Å². The van der Waals surface area contributed by atoms with Gasteiger partial charge >= 0.3 is 5.97 Å². The molecule has 0 aromatic heterocycles. The monoisotopic (exact) mass is 284 g/mol. The third-order valence-corrected chi connectivity index (χ3v) is 3.38. The maximum absolute atomic E-state index is 12.3. The third-order valence-electron chi connectivity index (χ3n) is 3.38. The molecule has 1 amide bonds. The lowest BCUT2D eigenvalue weighted by atomic mass is 10.3. The molecule has 0 aromatic rings. The first-order valence-electron chi connectivity index (χ1n) is 7.79. The Hall–Kier alpha value is -1.10. The maximum Gasteiger partial charge on any atom is 0.320 e. The van der Waals surface area contributed by atoms with Gasteiger partial charge in [0.1, 0.15) is 0 Å². The van der Waals surface area contributed by atoms with Gasteiger partial charge in [0.25, 0.3) is 0 Å². The molecule has 0 saturated heterocycles. The van der Waals surface area contributed by atoms with Gasteiger partial charge in [0.15, 0.2) is 0 Å². The van der Waals surface area contributed by atoms with Crippen LogP contribution in [0, 0.1) is 0 Å². The maximum atomic E-state index is 12.3. The Kier molecular flexibility index (Phi) is 7.59. The van der Waals surface area contributed by atoms with Crippen molar-refractivity contribution >= 4 is 11.9 Å². The summed E-state index contributed by atoms with van der Waals surface area (Å²) in [5.74, 6) is -0.102. The van der Waals surface area contributed by atoms with E-state index in [-0.39, 0.29) is 18.4 Å². The molecule has 0 aromatic carbocycles. The van der Waals surface area contributed by atoms with E-state index in [0.29, 0.717) is 19.2 Å². The molecule has 0 aliphatic heterocycles. The van der Waals surface area contributed by atoms with Crippen molar-refractivity contribution in [2.45, 2.75) is 52.5 Å². The molecule has 1 saturated carbocycles. The minimum absolute atomic E-state index is 0.130. The lowest BCUT2D eigenvalue weighted by Gasteiger charge is -2.26. The van der Waals surface area contributed by atoms with E-state index in [0.717, 1.165) is 38.8 Å². The fourth-order valence-electron chi connectivity index (χ4n) is 2.30. The van der Waals surface area contributed by atoms with E-state index in [1.54, 1.807) is 6.92 Å². The van der Waals surface area contributed by atoms with Gasteiger partial charge in [-0.15, -0.1) is 0 Å². The summed E-state index contributed by atoms with van der Waals surface area (Å²) in [4.78, 5) is 27.8. The van der Waals surface area contributed by atoms with Crippen LogP contribution in [0.15, 0.2) is 0 Å². The quantitative estimate of drug-likeness (QED) is 0.573. The molecule has 1 fully saturated rings. The SMILES string of the molecule is CCCN(CCC)C(=O)CN(CC(=O)OCC)C1CC1. The zero-order chi connectivity index (χ0) is 15.0. The predicted molar refractivity (Wildman–Crippen MR) is 78.4 cm³/mol. The van der Waals surface area contributed by atoms with Crippen LogP contribution < -0.4 is 0 Å². The van der Waals surface area contributed by atoms with Crippen molar-refractivity contribution in [1.82, 2.24) is 9.80 Å². The highest BCUT2D eigenvalue weighted by Gasteiger charge is 2.32. The van der Waals surface area contributed by atoms with Gasteiger partial charge in [0, 0.05) is 19.1 Å². The summed E-state index contributed by atoms with van der Waals surface area (Å²) in [5.41, 5.74) is 0. The highest BCUT2D eigenvalue weighted by molar-refractivity contribution is 5.79. The Bertz CT molecular complexity index is 310. The number of amides is 1. The largest absolute Gasteiger partial charge is 0.465 e. The Morgan fingerprint density at radius 3 is 2.10 bits per heavy atom. The molecule has 0 spiro atoms. The Labute approximate surface area is 122 Å². The van der Waals surface area contributed by atoms with Crippen LogP contribution in [0.2, 0.25) is 0 Å². The first kappa shape index (κ1) is 17.0. The van der Waals surface area contributed by atoms with Gasteiger partial charge in [-0.2, -0.15) is 0 Å². The fraction of sp³-hybridized carbons (Fsp3) is 0.867. The Balaban J connectivity index is 2.50. The normalized spacial score (nSPS) is 14.4. The molecule has 1 aliphatic carbocycles. The van der Waals surface area contributed by atoms with Crippen LogP contribution in [0.5, 0.6) is 0 Å². The zero-order valence-corrected chi connectivity index (χ0v) is 13.1. The number of hydrogen-bond donors (Lipinski definition) is 0. The molecular weight excluding hydrogens is 256 g/mol. The fourth-order valence-corrected chi connectivity index (χ4v) is 2.30. The highest BCUT2D eigenvalue weighted by Crippen LogP contribution is 2.26. The second kappa shape index (κ2) is 8.95. The summed E-state index contributed by atoms with van der Waals surface area (Å²) < 4.78 is 4.98. The van der Waals surface area contributed by atoms with Crippen molar-refractivity contribution in [2.24, 2.45) is 0 Å². The molecule has 0 bridgehead atoms. The number of nitrogens with zero attached hydrogens (tertiary/aromatic N) is 2. The summed E-state index contributed by atoms with van der Waals surface area (Å²) in [6.45, 7) is 8.51. The third kappa shape index (κ3) is 5.90. The molecule has 0 heterocycles. The Morgan fingerprint density at radius 2 is 1.65 bits per heavy atom. The number of esters is 1. The molecule has 1 rings (SSSR count). The van der Waals surface area contributed by atoms with Crippen LogP contribution in [0.25, 0.3) is 0 Å². The van der Waals surface area contributed by atoms with Crippen LogP contribution in [0.1, 0.15) is 46.5 Å². The van der Waals surface area contributed by atoms with Crippen LogP contribution in [-0.4, -0.2) is 60.5 Å². The number of ether oxygens (including phenoxy) is 1. The molecule has 0 N–H and O–H groups in total. The van der Waals surface area contributed by atoms with Gasteiger partial charge in [0.2, 0.25) is 5.91 Å². The summed E-state index contributed by atoms with van der Waals surface area (Å²) in [7, 11) is 0. The summed E-state index contributed by atoms with van der Waals surface area (Å²) >= 11 is 0. The van der Waals surface area contributed by atoms with Crippen molar-refractivity contribution in [2.75, 3.05) is 32.8 Å².